The van der Waals surface area contributed by atoms with Gasteiger partial charge in [0.1, 0.15) is 0 Å². The minimum absolute atomic E-state index is 0.739. The molecule has 0 saturated heterocycles. The number of rotatable bonds is 4. The Morgan fingerprint density at radius 3 is 1.65 bits per heavy atom. The maximum atomic E-state index is 11.8. The van der Waals surface area contributed by atoms with Gasteiger partial charge in [-0.15, -0.1) is 0 Å². The molecule has 0 aliphatic rings. The molecule has 1 N–H and O–H groups in total. The summed E-state index contributed by atoms with van der Waals surface area (Å²) in [5, 5.41) is 9.65. The van der Waals surface area contributed by atoms with Gasteiger partial charge in [-0.3, -0.25) is 0 Å². The number of nitrogens with zero attached hydrogens (tertiary/aromatic N) is 1. The average Bonchev–Trinajstić information content (AvgIpc) is 2.48. The molecule has 2 aromatic carbocycles. The Hall–Kier alpha value is -2.29. The maximum absolute atomic E-state index is 11.8. The van der Waals surface area contributed by atoms with Gasteiger partial charge >= 0.3 is 6.09 Å². The first kappa shape index (κ1) is 14.1. The summed E-state index contributed by atoms with van der Waals surface area (Å²) in [6, 6.07) is 15.3. The second kappa shape index (κ2) is 6.24. The first-order valence-corrected chi connectivity index (χ1v) is 6.87. The van der Waals surface area contributed by atoms with E-state index in [1.807, 2.05) is 62.4 Å². The number of hydrogen-bond acceptors (Lipinski definition) is 1. The van der Waals surface area contributed by atoms with Gasteiger partial charge in [0.25, 0.3) is 0 Å². The summed E-state index contributed by atoms with van der Waals surface area (Å²) >= 11 is 0. The van der Waals surface area contributed by atoms with Crippen LogP contribution in [0.2, 0.25) is 0 Å². The molecule has 104 valence electrons. The summed E-state index contributed by atoms with van der Waals surface area (Å²) < 4.78 is 0. The minimum Gasteiger partial charge on any atom is -0.464 e. The van der Waals surface area contributed by atoms with Crippen LogP contribution in [0.25, 0.3) is 0 Å². The molecule has 3 heteroatoms. The highest BCUT2D eigenvalue weighted by Crippen LogP contribution is 2.31. The molecule has 0 bridgehead atoms. The van der Waals surface area contributed by atoms with Crippen molar-refractivity contribution in [3.63, 3.8) is 0 Å². The average molecular weight is 269 g/mol. The van der Waals surface area contributed by atoms with E-state index in [0.29, 0.717) is 0 Å². The molecule has 0 atom stereocenters. The van der Waals surface area contributed by atoms with Gasteiger partial charge in [-0.2, -0.15) is 0 Å². The predicted molar refractivity (Wildman–Crippen MR) is 81.8 cm³/mol. The second-order valence-corrected chi connectivity index (χ2v) is 4.58. The number of aryl methyl sites for hydroxylation is 2. The number of anilines is 2. The second-order valence-electron chi connectivity index (χ2n) is 4.58. The van der Waals surface area contributed by atoms with E-state index in [-0.39, 0.29) is 0 Å². The van der Waals surface area contributed by atoms with E-state index in [1.54, 1.807) is 0 Å². The molecule has 0 unspecified atom stereocenters. The molecular formula is C17H19NO2. The van der Waals surface area contributed by atoms with Crippen LogP contribution >= 0.6 is 0 Å². The highest BCUT2D eigenvalue weighted by Gasteiger charge is 2.21. The van der Waals surface area contributed by atoms with Crippen LogP contribution in [0.15, 0.2) is 48.5 Å². The molecule has 0 aliphatic heterocycles. The van der Waals surface area contributed by atoms with Crippen molar-refractivity contribution in [1.29, 1.82) is 0 Å². The van der Waals surface area contributed by atoms with Crippen LogP contribution in [0.5, 0.6) is 0 Å². The van der Waals surface area contributed by atoms with E-state index in [0.717, 1.165) is 35.3 Å². The third kappa shape index (κ3) is 2.67. The van der Waals surface area contributed by atoms with Gasteiger partial charge < -0.3 is 5.11 Å². The van der Waals surface area contributed by atoms with Gasteiger partial charge in [0.2, 0.25) is 0 Å². The number of benzene rings is 2. The van der Waals surface area contributed by atoms with Crippen molar-refractivity contribution in [3.05, 3.63) is 59.7 Å². The third-order valence-corrected chi connectivity index (χ3v) is 3.42. The molecule has 2 rings (SSSR count). The molecular weight excluding hydrogens is 250 g/mol. The highest BCUT2D eigenvalue weighted by atomic mass is 16.4. The Kier molecular flexibility index (Phi) is 4.41. The van der Waals surface area contributed by atoms with Crippen molar-refractivity contribution in [2.75, 3.05) is 4.90 Å². The minimum atomic E-state index is -0.952. The number of carbonyl (C=O) groups is 1. The van der Waals surface area contributed by atoms with Crippen LogP contribution in [-0.2, 0) is 12.8 Å². The van der Waals surface area contributed by atoms with E-state index in [1.165, 1.54) is 4.90 Å². The lowest BCUT2D eigenvalue weighted by Crippen LogP contribution is -2.25. The largest absolute Gasteiger partial charge is 0.464 e. The van der Waals surface area contributed by atoms with Crippen molar-refractivity contribution in [2.24, 2.45) is 0 Å². The predicted octanol–water partition coefficient (Wildman–Crippen LogP) is 4.63. The van der Waals surface area contributed by atoms with Gasteiger partial charge in [-0.25, -0.2) is 9.69 Å². The van der Waals surface area contributed by atoms with Crippen molar-refractivity contribution in [3.8, 4) is 0 Å². The van der Waals surface area contributed by atoms with Crippen LogP contribution < -0.4 is 4.90 Å². The number of hydrogen-bond donors (Lipinski definition) is 1. The Labute approximate surface area is 119 Å². The molecule has 1 amide bonds. The summed E-state index contributed by atoms with van der Waals surface area (Å²) in [6.07, 6.45) is 0.648. The normalized spacial score (nSPS) is 10.3. The lowest BCUT2D eigenvalue weighted by molar-refractivity contribution is 0.204. The molecule has 0 saturated carbocycles. The van der Waals surface area contributed by atoms with Gasteiger partial charge in [0.05, 0.1) is 11.4 Å². The molecule has 0 aliphatic carbocycles. The first-order valence-electron chi connectivity index (χ1n) is 6.87. The zero-order valence-corrected chi connectivity index (χ0v) is 11.8. The lowest BCUT2D eigenvalue weighted by atomic mass is 10.1. The van der Waals surface area contributed by atoms with Crippen molar-refractivity contribution < 1.29 is 9.90 Å². The molecule has 0 aromatic heterocycles. The first-order chi connectivity index (χ1) is 9.69. The van der Waals surface area contributed by atoms with Crippen LogP contribution in [0.3, 0.4) is 0 Å². The Morgan fingerprint density at radius 2 is 1.30 bits per heavy atom. The molecule has 0 spiro atoms. The summed E-state index contributed by atoms with van der Waals surface area (Å²) in [6.45, 7) is 4.06. The lowest BCUT2D eigenvalue weighted by Gasteiger charge is -2.24. The Balaban J connectivity index is 2.60. The van der Waals surface area contributed by atoms with E-state index in [2.05, 4.69) is 0 Å². The fraction of sp³-hybridized carbons (Fsp3) is 0.235. The summed E-state index contributed by atoms with van der Waals surface area (Å²) in [7, 11) is 0. The molecule has 3 nitrogen and oxygen atoms in total. The van der Waals surface area contributed by atoms with E-state index in [9.17, 15) is 9.90 Å². The van der Waals surface area contributed by atoms with Crippen LogP contribution in [-0.4, -0.2) is 11.2 Å². The zero-order chi connectivity index (χ0) is 14.5. The van der Waals surface area contributed by atoms with Gasteiger partial charge in [0, 0.05) is 0 Å². The number of para-hydroxylation sites is 2. The van der Waals surface area contributed by atoms with Crippen LogP contribution in [0.4, 0.5) is 16.2 Å². The smallest absolute Gasteiger partial charge is 0.416 e. The Bertz CT molecular complexity index is 560. The molecule has 2 aromatic rings. The van der Waals surface area contributed by atoms with E-state index < -0.39 is 6.09 Å². The third-order valence-electron chi connectivity index (χ3n) is 3.42. The monoisotopic (exact) mass is 269 g/mol. The number of amides is 1. The summed E-state index contributed by atoms with van der Waals surface area (Å²) in [5.74, 6) is 0. The van der Waals surface area contributed by atoms with E-state index in [4.69, 9.17) is 0 Å². The molecule has 0 heterocycles. The van der Waals surface area contributed by atoms with Crippen molar-refractivity contribution >= 4 is 17.5 Å². The summed E-state index contributed by atoms with van der Waals surface area (Å²) in [5.41, 5.74) is 3.54. The standard InChI is InChI=1S/C17H19NO2/c1-3-13-9-5-7-11-15(13)18(17(19)20)16-12-8-6-10-14(16)4-2/h5-12H,3-4H2,1-2H3,(H,19,20). The van der Waals surface area contributed by atoms with Gasteiger partial charge in [0.15, 0.2) is 0 Å². The highest BCUT2D eigenvalue weighted by molar-refractivity contribution is 5.96. The van der Waals surface area contributed by atoms with E-state index >= 15 is 0 Å². The topological polar surface area (TPSA) is 40.5 Å². The van der Waals surface area contributed by atoms with Crippen LogP contribution in [0, 0.1) is 0 Å². The zero-order valence-electron chi connectivity index (χ0n) is 11.8. The quantitative estimate of drug-likeness (QED) is 0.879. The SMILES string of the molecule is CCc1ccccc1N(C(=O)O)c1ccccc1CC. The van der Waals surface area contributed by atoms with Gasteiger partial charge in [-0.1, -0.05) is 50.2 Å². The summed E-state index contributed by atoms with van der Waals surface area (Å²) in [4.78, 5) is 13.1. The molecule has 0 radical (unpaired) electrons. The Morgan fingerprint density at radius 1 is 0.900 bits per heavy atom. The maximum Gasteiger partial charge on any atom is 0.416 e. The fourth-order valence-electron chi connectivity index (χ4n) is 2.39. The van der Waals surface area contributed by atoms with Crippen LogP contribution in [0.1, 0.15) is 25.0 Å². The molecule has 0 fully saturated rings. The molecule has 20 heavy (non-hydrogen) atoms. The fourth-order valence-corrected chi connectivity index (χ4v) is 2.39. The van der Waals surface area contributed by atoms with Gasteiger partial charge in [-0.05, 0) is 36.1 Å². The van der Waals surface area contributed by atoms with Crippen molar-refractivity contribution in [1.82, 2.24) is 0 Å². The number of carboxylic acid groups (broad SMARTS) is 1. The van der Waals surface area contributed by atoms with Crippen molar-refractivity contribution in [2.45, 2.75) is 26.7 Å².